The van der Waals surface area contributed by atoms with E-state index in [9.17, 15) is 18.0 Å². The molecule has 0 unspecified atom stereocenters. The van der Waals surface area contributed by atoms with Gasteiger partial charge >= 0.3 is 12.1 Å². The molecule has 6 heteroatoms. The molecule has 0 radical (unpaired) electrons. The van der Waals surface area contributed by atoms with Crippen molar-refractivity contribution in [2.75, 3.05) is 0 Å². The number of nitrogens with one attached hydrogen (secondary N) is 1. The van der Waals surface area contributed by atoms with Crippen molar-refractivity contribution in [3.05, 3.63) is 126 Å². The van der Waals surface area contributed by atoms with Crippen LogP contribution in [0.2, 0.25) is 0 Å². The predicted molar refractivity (Wildman–Crippen MR) is 143 cm³/mol. The Hall–Kier alpha value is -3.43. The van der Waals surface area contributed by atoms with Crippen molar-refractivity contribution in [3.63, 3.8) is 0 Å². The van der Waals surface area contributed by atoms with E-state index in [4.69, 9.17) is 0 Å². The third kappa shape index (κ3) is 5.37. The minimum absolute atomic E-state index is 0.604. The van der Waals surface area contributed by atoms with Crippen LogP contribution in [-0.4, -0.2) is 12.1 Å². The Morgan fingerprint density at radius 2 is 1.06 bits per heavy atom. The topological polar surface area (TPSA) is 29.1 Å². The minimum Gasteiger partial charge on any atom is -0.339 e. The molecule has 0 bridgehead atoms. The summed E-state index contributed by atoms with van der Waals surface area (Å²) in [5.41, 5.74) is 0.504. The molecule has 36 heavy (non-hydrogen) atoms. The molecule has 4 aromatic rings. The minimum atomic E-state index is -4.93. The van der Waals surface area contributed by atoms with Gasteiger partial charge in [0.15, 0.2) is 0 Å². The number of halogens is 3. The van der Waals surface area contributed by atoms with Crippen molar-refractivity contribution in [3.8, 4) is 0 Å². The number of alkyl halides is 3. The van der Waals surface area contributed by atoms with E-state index in [2.05, 4.69) is 78.1 Å². The third-order valence-electron chi connectivity index (χ3n) is 6.37. The summed E-state index contributed by atoms with van der Waals surface area (Å²) in [6.07, 6.45) is -4.18. The zero-order valence-corrected chi connectivity index (χ0v) is 21.1. The van der Waals surface area contributed by atoms with Gasteiger partial charge in [-0.2, -0.15) is 13.2 Å². The highest BCUT2D eigenvalue weighted by atomic mass is 31.2. The monoisotopic (exact) mass is 506 g/mol. The lowest BCUT2D eigenvalue weighted by Crippen LogP contribution is -2.47. The van der Waals surface area contributed by atoms with Crippen LogP contribution in [0.25, 0.3) is 0 Å². The van der Waals surface area contributed by atoms with E-state index in [-0.39, 0.29) is 0 Å². The standard InChI is InChI=1S/C30H27F3NOP/c1-29(2,34-28(35)30(31,32)33)24-20-18-23(19-21-24)22-36(25-12-6-3-7-13-25,26-14-8-4-9-15-26)27-16-10-5-11-17-27/h3-21H,22H2,1-2H3/p+1. The van der Waals surface area contributed by atoms with Gasteiger partial charge in [-0.3, -0.25) is 4.79 Å². The second-order valence-electron chi connectivity index (χ2n) is 9.25. The van der Waals surface area contributed by atoms with Crippen molar-refractivity contribution in [2.24, 2.45) is 0 Å². The molecular weight excluding hydrogens is 478 g/mol. The highest BCUT2D eigenvalue weighted by Crippen LogP contribution is 2.58. The van der Waals surface area contributed by atoms with Gasteiger partial charge in [-0.25, -0.2) is 0 Å². The molecule has 0 atom stereocenters. The smallest absolute Gasteiger partial charge is 0.339 e. The molecule has 2 nitrogen and oxygen atoms in total. The zero-order chi connectivity index (χ0) is 25.8. The number of hydrogen-bond donors (Lipinski definition) is 1. The molecule has 0 aliphatic rings. The van der Waals surface area contributed by atoms with Gasteiger partial charge in [0.05, 0.1) is 11.7 Å². The van der Waals surface area contributed by atoms with Crippen LogP contribution in [0, 0.1) is 0 Å². The maximum Gasteiger partial charge on any atom is 0.471 e. The van der Waals surface area contributed by atoms with E-state index in [1.54, 1.807) is 13.8 Å². The van der Waals surface area contributed by atoms with Crippen LogP contribution >= 0.6 is 7.26 Å². The first-order valence-corrected chi connectivity index (χ1v) is 13.6. The fourth-order valence-electron chi connectivity index (χ4n) is 4.50. The molecule has 0 spiro atoms. The van der Waals surface area contributed by atoms with E-state index in [0.29, 0.717) is 5.56 Å². The van der Waals surface area contributed by atoms with Crippen LogP contribution < -0.4 is 21.2 Å². The average Bonchev–Trinajstić information content (AvgIpc) is 2.88. The second-order valence-corrected chi connectivity index (χ2v) is 12.7. The number of carbonyl (C=O) groups is 1. The van der Waals surface area contributed by atoms with Crippen molar-refractivity contribution in [2.45, 2.75) is 31.7 Å². The zero-order valence-electron chi connectivity index (χ0n) is 20.2. The highest BCUT2D eigenvalue weighted by Gasteiger charge is 2.45. The lowest BCUT2D eigenvalue weighted by atomic mass is 9.93. The molecule has 184 valence electrons. The molecule has 4 aromatic carbocycles. The van der Waals surface area contributed by atoms with Gasteiger partial charge in [0, 0.05) is 0 Å². The number of benzene rings is 4. The molecule has 1 N–H and O–H groups in total. The average molecular weight is 507 g/mol. The van der Waals surface area contributed by atoms with Gasteiger partial charge in [-0.1, -0.05) is 78.9 Å². The fraction of sp³-hybridized carbons (Fsp3) is 0.167. The molecular formula is C30H28F3NOP+. The van der Waals surface area contributed by atoms with E-state index < -0.39 is 24.9 Å². The van der Waals surface area contributed by atoms with Crippen molar-refractivity contribution >= 4 is 29.1 Å². The Morgan fingerprint density at radius 3 is 1.42 bits per heavy atom. The summed E-state index contributed by atoms with van der Waals surface area (Å²) in [5, 5.41) is 5.86. The Bertz CT molecular complexity index is 1190. The quantitative estimate of drug-likeness (QED) is 0.302. The lowest BCUT2D eigenvalue weighted by Gasteiger charge is -2.29. The number of carbonyl (C=O) groups excluding carboxylic acids is 1. The van der Waals surface area contributed by atoms with Gasteiger partial charge in [0.1, 0.15) is 23.2 Å². The van der Waals surface area contributed by atoms with Gasteiger partial charge < -0.3 is 5.32 Å². The SMILES string of the molecule is CC(C)(NC(=O)C(F)(F)F)c1ccc(C[P+](c2ccccc2)(c2ccccc2)c2ccccc2)cc1. The first kappa shape index (κ1) is 25.7. The maximum atomic E-state index is 12.8. The van der Waals surface area contributed by atoms with E-state index in [0.717, 1.165) is 11.7 Å². The molecule has 0 fully saturated rings. The number of rotatable bonds is 7. The Morgan fingerprint density at radius 1 is 0.667 bits per heavy atom. The summed E-state index contributed by atoms with van der Waals surface area (Å²) in [5.74, 6) is -1.95. The van der Waals surface area contributed by atoms with Crippen LogP contribution in [0.3, 0.4) is 0 Å². The molecule has 0 aromatic heterocycles. The maximum absolute atomic E-state index is 12.8. The van der Waals surface area contributed by atoms with Gasteiger partial charge in [0.2, 0.25) is 0 Å². The number of amides is 1. The lowest BCUT2D eigenvalue weighted by molar-refractivity contribution is -0.175. The van der Waals surface area contributed by atoms with Gasteiger partial charge in [-0.05, 0) is 61.4 Å². The predicted octanol–water partition coefficient (Wildman–Crippen LogP) is 6.09. The third-order valence-corrected chi connectivity index (χ3v) is 10.7. The Labute approximate surface area is 210 Å². The normalized spacial score (nSPS) is 12.2. The van der Waals surface area contributed by atoms with Crippen LogP contribution in [0.1, 0.15) is 25.0 Å². The molecule has 0 heterocycles. The molecule has 0 aliphatic carbocycles. The summed E-state index contributed by atoms with van der Waals surface area (Å²) >= 11 is 0. The highest BCUT2D eigenvalue weighted by molar-refractivity contribution is 7.95. The summed E-state index contributed by atoms with van der Waals surface area (Å²) in [4.78, 5) is 11.5. The van der Waals surface area contributed by atoms with E-state index in [1.165, 1.54) is 15.9 Å². The molecule has 0 saturated heterocycles. The Balaban J connectivity index is 1.77. The largest absolute Gasteiger partial charge is 0.471 e. The number of hydrogen-bond acceptors (Lipinski definition) is 1. The molecule has 0 aliphatic heterocycles. The van der Waals surface area contributed by atoms with E-state index in [1.807, 2.05) is 42.5 Å². The molecule has 4 rings (SSSR count). The van der Waals surface area contributed by atoms with Gasteiger partial charge in [-0.15, -0.1) is 0 Å². The van der Waals surface area contributed by atoms with Crippen LogP contribution in [0.4, 0.5) is 13.2 Å². The fourth-order valence-corrected chi connectivity index (χ4v) is 8.74. The summed E-state index contributed by atoms with van der Waals surface area (Å²) in [6, 6.07) is 39.0. The van der Waals surface area contributed by atoms with Gasteiger partial charge in [0.25, 0.3) is 0 Å². The van der Waals surface area contributed by atoms with Crippen LogP contribution in [0.15, 0.2) is 115 Å². The second kappa shape index (κ2) is 10.3. The summed E-state index contributed by atoms with van der Waals surface area (Å²) < 4.78 is 38.5. The summed E-state index contributed by atoms with van der Waals surface area (Å²) in [7, 11) is -2.09. The Kier molecular flexibility index (Phi) is 7.33. The van der Waals surface area contributed by atoms with Crippen molar-refractivity contribution in [1.82, 2.24) is 5.32 Å². The summed E-state index contributed by atoms with van der Waals surface area (Å²) in [6.45, 7) is 3.14. The van der Waals surface area contributed by atoms with Crippen molar-refractivity contribution < 1.29 is 18.0 Å². The van der Waals surface area contributed by atoms with Crippen LogP contribution in [-0.2, 0) is 16.5 Å². The first-order chi connectivity index (χ1) is 17.1. The first-order valence-electron chi connectivity index (χ1n) is 11.7. The van der Waals surface area contributed by atoms with E-state index >= 15 is 0 Å². The van der Waals surface area contributed by atoms with Crippen LogP contribution in [0.5, 0.6) is 0 Å². The molecule has 1 amide bonds. The van der Waals surface area contributed by atoms with Crippen molar-refractivity contribution in [1.29, 1.82) is 0 Å². The molecule has 0 saturated carbocycles.